The Morgan fingerprint density at radius 2 is 1.19 bits per heavy atom. The summed E-state index contributed by atoms with van der Waals surface area (Å²) < 4.78 is 45.3. The number of aliphatic hydroxyl groups is 1. The van der Waals surface area contributed by atoms with Crippen molar-refractivity contribution in [2.75, 3.05) is 47.7 Å². The zero-order chi connectivity index (χ0) is 46.7. The van der Waals surface area contributed by atoms with Crippen molar-refractivity contribution in [2.45, 2.75) is 170 Å². The molecule has 0 spiro atoms. The van der Waals surface area contributed by atoms with Crippen LogP contribution >= 0.6 is 0 Å². The van der Waals surface area contributed by atoms with Gasteiger partial charge in [0.15, 0.2) is 0 Å². The van der Waals surface area contributed by atoms with Crippen LogP contribution in [0.3, 0.4) is 0 Å². The molecule has 18 atom stereocenters. The van der Waals surface area contributed by atoms with E-state index in [0.717, 1.165) is 64.3 Å². The van der Waals surface area contributed by atoms with Crippen LogP contribution in [0, 0.1) is 79.8 Å². The summed E-state index contributed by atoms with van der Waals surface area (Å²) in [5.41, 5.74) is -2.88. The van der Waals surface area contributed by atoms with E-state index in [4.69, 9.17) is 14.2 Å². The van der Waals surface area contributed by atoms with Crippen molar-refractivity contribution in [1.29, 1.82) is 0 Å². The van der Waals surface area contributed by atoms with Crippen molar-refractivity contribution in [3.05, 3.63) is 0 Å². The van der Waals surface area contributed by atoms with Gasteiger partial charge in [0.2, 0.25) is 5.91 Å². The molecule has 6 aliphatic carbocycles. The van der Waals surface area contributed by atoms with Crippen molar-refractivity contribution in [2.24, 2.45) is 79.8 Å². The van der Waals surface area contributed by atoms with E-state index in [0.29, 0.717) is 18.9 Å². The first kappa shape index (κ1) is 50.4. The number of piperidine rings is 1. The molecule has 1 saturated heterocycles. The zero-order valence-electron chi connectivity index (χ0n) is 41.0. The summed E-state index contributed by atoms with van der Waals surface area (Å²) in [5.74, 6) is 0.246. The molecule has 1 heterocycles. The fourth-order valence-corrected chi connectivity index (χ4v) is 16.0. The van der Waals surface area contributed by atoms with Gasteiger partial charge < -0.3 is 24.2 Å². The largest absolute Gasteiger partial charge is 0.445 e. The molecule has 1 aliphatic heterocycles. The van der Waals surface area contributed by atoms with Gasteiger partial charge in [-0.2, -0.15) is 0 Å². The summed E-state index contributed by atoms with van der Waals surface area (Å²) in [7, 11) is 5.47. The summed E-state index contributed by atoms with van der Waals surface area (Å²) in [6.45, 7) is 19.1. The number of Topliss-reactive ketones (excluding diaryl/α,β-unsaturated/α-hetero) is 2. The Bertz CT molecular complexity index is 1700. The van der Waals surface area contributed by atoms with Crippen molar-refractivity contribution in [3.63, 3.8) is 0 Å². The van der Waals surface area contributed by atoms with Crippen LogP contribution < -0.4 is 5.32 Å². The number of amides is 2. The molecule has 360 valence electrons. The lowest BCUT2D eigenvalue weighted by atomic mass is 9.44. The number of methoxy groups -OCH3 is 2. The smallest absolute Gasteiger partial charge is 0.414 e. The van der Waals surface area contributed by atoms with Crippen LogP contribution in [-0.2, 0) is 28.6 Å². The molecule has 0 radical (unpaired) electrons. The van der Waals surface area contributed by atoms with Crippen LogP contribution in [-0.4, -0.2) is 106 Å². The standard InChI is InChI=1S/C30H49FN2O5.C21H35FO3/c1-18-10-15-33(6)17-21(18)26(35)32-27(36)38-23-16-28(4,13-14-31)25(34)20(3)30-11-8-19(2)29(23,5)24(30)22(37-7)9-12-30;1-13-6-8-21-9-7-15(25-5)17(21)20(13,4)16(23)12-19(3,10-11-22)18(24)14(21)2/h18-24H,8-17H2,1-7H3,(H,32,35,36);13-17,23H,6-12H2,1-5H3/t18-,19+,20-,21-,22+,23+,24?,28+,29-,30?;13-,14+,15-,16-,17?,19-,20+,21?/m01/s1. The molecule has 0 aromatic rings. The third-order valence-electron chi connectivity index (χ3n) is 20.6. The van der Waals surface area contributed by atoms with E-state index in [1.165, 1.54) is 0 Å². The molecule has 7 fully saturated rings. The van der Waals surface area contributed by atoms with Crippen molar-refractivity contribution in [1.82, 2.24) is 10.2 Å². The number of nitrogens with one attached hydrogen (secondary N) is 1. The molecule has 0 aromatic carbocycles. The molecule has 2 N–H and O–H groups in total. The number of hydrogen-bond acceptors (Lipinski definition) is 9. The molecule has 12 heteroatoms. The van der Waals surface area contributed by atoms with Gasteiger partial charge in [-0.1, -0.05) is 62.3 Å². The van der Waals surface area contributed by atoms with Gasteiger partial charge in [0.1, 0.15) is 17.7 Å². The van der Waals surface area contributed by atoms with Gasteiger partial charge >= 0.3 is 6.09 Å². The molecule has 7 rings (SSSR count). The highest BCUT2D eigenvalue weighted by molar-refractivity contribution is 5.93. The Morgan fingerprint density at radius 3 is 1.68 bits per heavy atom. The number of likely N-dealkylation sites (tertiary alicyclic amines) is 1. The second-order valence-corrected chi connectivity index (χ2v) is 23.3. The number of hydrogen-bond donors (Lipinski definition) is 2. The van der Waals surface area contributed by atoms with Crippen molar-refractivity contribution >= 4 is 23.6 Å². The summed E-state index contributed by atoms with van der Waals surface area (Å²) >= 11 is 0. The van der Waals surface area contributed by atoms with Crippen molar-refractivity contribution in [3.8, 4) is 0 Å². The third-order valence-corrected chi connectivity index (χ3v) is 20.6. The Labute approximate surface area is 377 Å². The summed E-state index contributed by atoms with van der Waals surface area (Å²) in [5, 5.41) is 13.9. The van der Waals surface area contributed by atoms with E-state index in [9.17, 15) is 33.1 Å². The second kappa shape index (κ2) is 18.6. The lowest BCUT2D eigenvalue weighted by Crippen LogP contribution is -2.63. The normalized spacial score (nSPS) is 48.6. The molecule has 4 unspecified atom stereocenters. The molecule has 2 amide bonds. The molecular weight excluding hydrogens is 807 g/mol. The number of alkyl carbamates (subject to hydrolysis) is 1. The lowest BCUT2D eigenvalue weighted by molar-refractivity contribution is -0.192. The highest BCUT2D eigenvalue weighted by atomic mass is 19.1. The Hall–Kier alpha value is -2.02. The van der Waals surface area contributed by atoms with Gasteiger partial charge in [0.05, 0.1) is 37.6 Å². The fourth-order valence-electron chi connectivity index (χ4n) is 16.0. The van der Waals surface area contributed by atoms with Crippen LogP contribution in [0.5, 0.6) is 0 Å². The average Bonchev–Trinajstić information content (AvgIpc) is 3.84. The SMILES string of the molecule is CO[C@@H]1CCC23CC[C@@H](C)[C@](C)(C12)[C@H](O)C[C@@](C)(CCF)C(=O)[C@@H]3C.CO[C@@H]1CCC23CC[C@@H](C)[C@](C)(C12)[C@H](OC(=O)NC(=O)[C@H]1CN(C)CC[C@@H]1C)C[C@@](C)(CCF)C(=O)[C@@H]3C. The molecule has 4 bridgehead atoms. The maximum atomic E-state index is 14.1. The van der Waals surface area contributed by atoms with E-state index in [1.807, 2.05) is 34.7 Å². The minimum Gasteiger partial charge on any atom is -0.445 e. The van der Waals surface area contributed by atoms with E-state index in [-0.39, 0.29) is 107 Å². The average molecular weight is 891 g/mol. The van der Waals surface area contributed by atoms with Gasteiger partial charge in [0, 0.05) is 60.2 Å². The topological polar surface area (TPSA) is 131 Å². The number of imide groups is 1. The Balaban J connectivity index is 0.000000228. The molecule has 7 aliphatic rings. The van der Waals surface area contributed by atoms with Crippen LogP contribution in [0.4, 0.5) is 13.6 Å². The number of carbonyl (C=O) groups is 4. The number of nitrogens with zero attached hydrogens (tertiary/aromatic N) is 1. The van der Waals surface area contributed by atoms with Gasteiger partial charge in [-0.25, -0.2) is 4.79 Å². The molecular formula is C51H84F2N2O8. The zero-order valence-corrected chi connectivity index (χ0v) is 41.0. The van der Waals surface area contributed by atoms with E-state index in [2.05, 4.69) is 44.8 Å². The first-order valence-corrected chi connectivity index (χ1v) is 24.7. The van der Waals surface area contributed by atoms with Gasteiger partial charge in [-0.15, -0.1) is 0 Å². The maximum absolute atomic E-state index is 14.1. The minimum absolute atomic E-state index is 0.0261. The number of ketones is 2. The predicted molar refractivity (Wildman–Crippen MR) is 239 cm³/mol. The number of ether oxygens (including phenoxy) is 3. The monoisotopic (exact) mass is 891 g/mol. The van der Waals surface area contributed by atoms with Gasteiger partial charge in [-0.05, 0) is 132 Å². The van der Waals surface area contributed by atoms with E-state index < -0.39 is 47.9 Å². The predicted octanol–water partition coefficient (Wildman–Crippen LogP) is 9.19. The van der Waals surface area contributed by atoms with Crippen LogP contribution in [0.15, 0.2) is 0 Å². The number of rotatable bonds is 8. The lowest BCUT2D eigenvalue weighted by Gasteiger charge is -2.61. The first-order valence-electron chi connectivity index (χ1n) is 24.7. The summed E-state index contributed by atoms with van der Waals surface area (Å²) in [6.07, 6.45) is 7.41. The van der Waals surface area contributed by atoms with Crippen LogP contribution in [0.25, 0.3) is 0 Å². The molecule has 63 heavy (non-hydrogen) atoms. The Kier molecular flexibility index (Phi) is 14.9. The summed E-state index contributed by atoms with van der Waals surface area (Å²) in [6, 6.07) is 0. The summed E-state index contributed by atoms with van der Waals surface area (Å²) in [4.78, 5) is 56.1. The highest BCUT2D eigenvalue weighted by Crippen LogP contribution is 2.70. The van der Waals surface area contributed by atoms with Gasteiger partial charge in [0.25, 0.3) is 0 Å². The van der Waals surface area contributed by atoms with E-state index >= 15 is 0 Å². The number of alkyl halides is 2. The first-order chi connectivity index (χ1) is 29.5. The molecule has 10 nitrogen and oxygen atoms in total. The van der Waals surface area contributed by atoms with Crippen LogP contribution in [0.2, 0.25) is 0 Å². The minimum atomic E-state index is -0.953. The number of aliphatic hydroxyl groups excluding tert-OH is 1. The third kappa shape index (κ3) is 8.18. The number of halogens is 2. The Morgan fingerprint density at radius 1 is 0.730 bits per heavy atom. The molecule has 0 aromatic heterocycles. The van der Waals surface area contributed by atoms with Crippen LogP contribution in [0.1, 0.15) is 146 Å². The second-order valence-electron chi connectivity index (χ2n) is 23.3. The fraction of sp³-hybridized carbons (Fsp3) is 0.922. The highest BCUT2D eigenvalue weighted by Gasteiger charge is 2.70. The van der Waals surface area contributed by atoms with Gasteiger partial charge in [-0.3, -0.25) is 28.5 Å². The van der Waals surface area contributed by atoms with E-state index in [1.54, 1.807) is 14.2 Å². The van der Waals surface area contributed by atoms with Crippen molar-refractivity contribution < 1.29 is 47.3 Å². The maximum Gasteiger partial charge on any atom is 0.414 e. The quantitative estimate of drug-likeness (QED) is 0.245. The molecule has 6 saturated carbocycles. The number of carbonyl (C=O) groups excluding carboxylic acids is 4.